The fourth-order valence-electron chi connectivity index (χ4n) is 3.19. The van der Waals surface area contributed by atoms with Gasteiger partial charge in [0.15, 0.2) is 0 Å². The predicted molar refractivity (Wildman–Crippen MR) is 118 cm³/mol. The van der Waals surface area contributed by atoms with Crippen molar-refractivity contribution in [2.45, 2.75) is 13.5 Å². The standard InChI is InChI=1S/C25H22O6/c1-16-25(31-21-9-5-8-19(13-21)28-3)24(26)22-11-10-20(14-23(22)30-16)29-15-17-6-4-7-18(12-17)27-2/h4-14H,15H2,1-3H3. The topological polar surface area (TPSA) is 67.1 Å². The summed E-state index contributed by atoms with van der Waals surface area (Å²) in [6.07, 6.45) is 0. The van der Waals surface area contributed by atoms with E-state index < -0.39 is 0 Å². The van der Waals surface area contributed by atoms with Gasteiger partial charge in [-0.3, -0.25) is 4.79 Å². The van der Waals surface area contributed by atoms with Crippen molar-refractivity contribution in [3.05, 3.63) is 88.3 Å². The summed E-state index contributed by atoms with van der Waals surface area (Å²) in [6, 6.07) is 19.8. The number of hydrogen-bond donors (Lipinski definition) is 0. The lowest BCUT2D eigenvalue weighted by Gasteiger charge is -2.11. The van der Waals surface area contributed by atoms with Gasteiger partial charge in [-0.15, -0.1) is 0 Å². The van der Waals surface area contributed by atoms with Gasteiger partial charge in [0, 0.05) is 12.1 Å². The molecule has 0 radical (unpaired) electrons. The van der Waals surface area contributed by atoms with Gasteiger partial charge in [0.1, 0.15) is 40.9 Å². The molecule has 0 N–H and O–H groups in total. The number of rotatable bonds is 7. The number of methoxy groups -OCH3 is 2. The summed E-state index contributed by atoms with van der Waals surface area (Å²) in [7, 11) is 3.20. The third-order valence-corrected chi connectivity index (χ3v) is 4.79. The molecular weight excluding hydrogens is 396 g/mol. The van der Waals surface area contributed by atoms with Crippen molar-refractivity contribution in [2.24, 2.45) is 0 Å². The summed E-state index contributed by atoms with van der Waals surface area (Å²) in [6.45, 7) is 2.06. The van der Waals surface area contributed by atoms with Crippen molar-refractivity contribution >= 4 is 11.0 Å². The van der Waals surface area contributed by atoms with Crippen LogP contribution in [0.2, 0.25) is 0 Å². The second-order valence-electron chi connectivity index (χ2n) is 6.90. The van der Waals surface area contributed by atoms with Crippen LogP contribution in [-0.2, 0) is 6.61 Å². The van der Waals surface area contributed by atoms with Gasteiger partial charge < -0.3 is 23.4 Å². The maximum Gasteiger partial charge on any atom is 0.235 e. The molecule has 1 aromatic heterocycles. The minimum absolute atomic E-state index is 0.144. The van der Waals surface area contributed by atoms with Crippen LogP contribution >= 0.6 is 0 Å². The minimum Gasteiger partial charge on any atom is -0.497 e. The lowest BCUT2D eigenvalue weighted by atomic mass is 10.2. The molecule has 0 fully saturated rings. The number of benzene rings is 3. The Hall–Kier alpha value is -3.93. The van der Waals surface area contributed by atoms with Crippen LogP contribution in [0.5, 0.6) is 28.7 Å². The van der Waals surface area contributed by atoms with Gasteiger partial charge in [-0.2, -0.15) is 0 Å². The van der Waals surface area contributed by atoms with E-state index in [9.17, 15) is 4.79 Å². The normalized spacial score (nSPS) is 10.7. The summed E-state index contributed by atoms with van der Waals surface area (Å²) in [5.41, 5.74) is 1.16. The first kappa shape index (κ1) is 20.3. The summed E-state index contributed by atoms with van der Waals surface area (Å²) >= 11 is 0. The number of fused-ring (bicyclic) bond motifs is 1. The molecule has 158 valence electrons. The van der Waals surface area contributed by atoms with Gasteiger partial charge in [0.2, 0.25) is 11.2 Å². The molecule has 0 atom stereocenters. The van der Waals surface area contributed by atoms with Crippen LogP contribution in [0.3, 0.4) is 0 Å². The first-order chi connectivity index (χ1) is 15.1. The Balaban J connectivity index is 1.59. The van der Waals surface area contributed by atoms with E-state index in [4.69, 9.17) is 23.4 Å². The van der Waals surface area contributed by atoms with E-state index in [-0.39, 0.29) is 11.2 Å². The van der Waals surface area contributed by atoms with Crippen molar-refractivity contribution in [2.75, 3.05) is 14.2 Å². The summed E-state index contributed by atoms with van der Waals surface area (Å²) in [5, 5.41) is 0.414. The number of aryl methyl sites for hydroxylation is 1. The van der Waals surface area contributed by atoms with E-state index in [1.807, 2.05) is 24.3 Å². The molecule has 0 saturated carbocycles. The average Bonchev–Trinajstić information content (AvgIpc) is 2.80. The van der Waals surface area contributed by atoms with Gasteiger partial charge in [-0.05, 0) is 48.9 Å². The molecule has 0 aliphatic heterocycles. The highest BCUT2D eigenvalue weighted by atomic mass is 16.5. The highest BCUT2D eigenvalue weighted by Crippen LogP contribution is 2.29. The highest BCUT2D eigenvalue weighted by Gasteiger charge is 2.15. The lowest BCUT2D eigenvalue weighted by molar-refractivity contribution is 0.305. The monoisotopic (exact) mass is 418 g/mol. The first-order valence-corrected chi connectivity index (χ1v) is 9.72. The molecule has 0 amide bonds. The molecule has 0 spiro atoms. The van der Waals surface area contributed by atoms with E-state index in [0.29, 0.717) is 40.6 Å². The second-order valence-corrected chi connectivity index (χ2v) is 6.90. The van der Waals surface area contributed by atoms with Crippen LogP contribution in [0.4, 0.5) is 0 Å². The van der Waals surface area contributed by atoms with Crippen molar-refractivity contribution in [3.8, 4) is 28.7 Å². The smallest absolute Gasteiger partial charge is 0.235 e. The van der Waals surface area contributed by atoms with E-state index in [2.05, 4.69) is 0 Å². The van der Waals surface area contributed by atoms with Crippen LogP contribution < -0.4 is 24.4 Å². The van der Waals surface area contributed by atoms with E-state index >= 15 is 0 Å². The molecule has 31 heavy (non-hydrogen) atoms. The Bertz CT molecular complexity index is 1270. The zero-order valence-electron chi connectivity index (χ0n) is 17.5. The van der Waals surface area contributed by atoms with E-state index in [1.54, 1.807) is 63.6 Å². The Morgan fingerprint density at radius 1 is 0.806 bits per heavy atom. The largest absolute Gasteiger partial charge is 0.497 e. The molecule has 4 aromatic rings. The second kappa shape index (κ2) is 8.83. The summed E-state index contributed by atoms with van der Waals surface area (Å²) < 4.78 is 28.0. The van der Waals surface area contributed by atoms with Crippen LogP contribution in [0.1, 0.15) is 11.3 Å². The van der Waals surface area contributed by atoms with Crippen LogP contribution in [0.25, 0.3) is 11.0 Å². The first-order valence-electron chi connectivity index (χ1n) is 9.72. The molecule has 0 unspecified atom stereocenters. The quantitative estimate of drug-likeness (QED) is 0.395. The van der Waals surface area contributed by atoms with Gasteiger partial charge in [0.25, 0.3) is 0 Å². The van der Waals surface area contributed by atoms with Gasteiger partial charge in [-0.25, -0.2) is 0 Å². The van der Waals surface area contributed by atoms with Crippen LogP contribution in [-0.4, -0.2) is 14.2 Å². The van der Waals surface area contributed by atoms with Gasteiger partial charge in [0.05, 0.1) is 19.6 Å². The van der Waals surface area contributed by atoms with Crippen LogP contribution in [0.15, 0.2) is 75.9 Å². The number of hydrogen-bond acceptors (Lipinski definition) is 6. The van der Waals surface area contributed by atoms with Gasteiger partial charge >= 0.3 is 0 Å². The molecule has 6 heteroatoms. The van der Waals surface area contributed by atoms with Crippen molar-refractivity contribution in [3.63, 3.8) is 0 Å². The van der Waals surface area contributed by atoms with Gasteiger partial charge in [-0.1, -0.05) is 18.2 Å². The highest BCUT2D eigenvalue weighted by molar-refractivity contribution is 5.79. The lowest BCUT2D eigenvalue weighted by Crippen LogP contribution is -2.07. The molecule has 3 aromatic carbocycles. The molecule has 0 saturated heterocycles. The fourth-order valence-corrected chi connectivity index (χ4v) is 3.19. The predicted octanol–water partition coefficient (Wildman–Crippen LogP) is 5.49. The Kier molecular flexibility index (Phi) is 5.80. The van der Waals surface area contributed by atoms with E-state index in [0.717, 1.165) is 11.3 Å². The molecular formula is C25H22O6. The SMILES string of the molecule is COc1cccc(COc2ccc3c(=O)c(Oc4cccc(OC)c4)c(C)oc3c2)c1. The molecule has 0 bridgehead atoms. The van der Waals surface area contributed by atoms with Crippen LogP contribution in [0, 0.1) is 6.92 Å². The Morgan fingerprint density at radius 3 is 2.29 bits per heavy atom. The maximum absolute atomic E-state index is 13.0. The summed E-state index contributed by atoms with van der Waals surface area (Å²) in [5.74, 6) is 3.02. The average molecular weight is 418 g/mol. The van der Waals surface area contributed by atoms with Crippen molar-refractivity contribution in [1.82, 2.24) is 0 Å². The third-order valence-electron chi connectivity index (χ3n) is 4.79. The Morgan fingerprint density at radius 2 is 1.52 bits per heavy atom. The fraction of sp³-hybridized carbons (Fsp3) is 0.160. The molecule has 6 nitrogen and oxygen atoms in total. The third kappa shape index (κ3) is 4.48. The zero-order valence-corrected chi connectivity index (χ0v) is 17.5. The minimum atomic E-state index is -0.249. The number of ether oxygens (including phenoxy) is 4. The molecule has 0 aliphatic carbocycles. The molecule has 1 heterocycles. The molecule has 4 rings (SSSR count). The van der Waals surface area contributed by atoms with Crippen molar-refractivity contribution < 1.29 is 23.4 Å². The molecule has 0 aliphatic rings. The Labute approximate surface area is 179 Å². The van der Waals surface area contributed by atoms with Crippen molar-refractivity contribution in [1.29, 1.82) is 0 Å². The summed E-state index contributed by atoms with van der Waals surface area (Å²) in [4.78, 5) is 13.0. The van der Waals surface area contributed by atoms with E-state index in [1.165, 1.54) is 0 Å². The zero-order chi connectivity index (χ0) is 21.8. The maximum atomic E-state index is 13.0.